The maximum absolute atomic E-state index is 12.8. The van der Waals surface area contributed by atoms with E-state index in [0.717, 1.165) is 79.7 Å². The van der Waals surface area contributed by atoms with E-state index < -0.39 is 11.2 Å². The van der Waals surface area contributed by atoms with E-state index in [0.29, 0.717) is 29.4 Å². The normalized spacial score (nSPS) is 20.5. The Kier molecular flexibility index (Phi) is 9.86. The number of hydrogen-bond acceptors (Lipinski definition) is 10. The third-order valence-corrected chi connectivity index (χ3v) is 9.39. The minimum Gasteiger partial charge on any atom is -0.611 e. The fraction of sp³-hybridized carbons (Fsp3) is 0.533. The largest absolute Gasteiger partial charge is 0.611 e. The van der Waals surface area contributed by atoms with Crippen LogP contribution in [0.25, 0.3) is 0 Å². The van der Waals surface area contributed by atoms with Gasteiger partial charge in [-0.25, -0.2) is 4.98 Å². The molecule has 226 valence electrons. The quantitative estimate of drug-likeness (QED) is 0.240. The molecule has 11 nitrogen and oxygen atoms in total. The van der Waals surface area contributed by atoms with Crippen LogP contribution in [0, 0.1) is 5.41 Å². The van der Waals surface area contributed by atoms with Crippen LogP contribution in [-0.2, 0) is 22.3 Å². The van der Waals surface area contributed by atoms with Crippen LogP contribution in [0.3, 0.4) is 0 Å². The number of fused-ring (bicyclic) bond motifs is 1. The maximum Gasteiger partial charge on any atom is 0.251 e. The van der Waals surface area contributed by atoms with Gasteiger partial charge in [0.1, 0.15) is 23.3 Å². The molecule has 42 heavy (non-hydrogen) atoms. The van der Waals surface area contributed by atoms with Crippen LogP contribution in [0.2, 0.25) is 0 Å². The molecule has 3 aliphatic rings. The van der Waals surface area contributed by atoms with Crippen molar-refractivity contribution < 1.29 is 18.8 Å². The Morgan fingerprint density at radius 3 is 2.57 bits per heavy atom. The molecule has 0 spiro atoms. The fourth-order valence-electron chi connectivity index (χ4n) is 5.58. The molecular formula is C30H41N7O4S. The summed E-state index contributed by atoms with van der Waals surface area (Å²) in [5.74, 6) is 2.54. The van der Waals surface area contributed by atoms with E-state index in [-0.39, 0.29) is 24.1 Å². The van der Waals surface area contributed by atoms with Gasteiger partial charge in [-0.2, -0.15) is 4.98 Å². The predicted octanol–water partition coefficient (Wildman–Crippen LogP) is 3.04. The lowest BCUT2D eigenvalue weighted by Gasteiger charge is -2.32. The summed E-state index contributed by atoms with van der Waals surface area (Å²) in [6.07, 6.45) is 5.95. The summed E-state index contributed by atoms with van der Waals surface area (Å²) in [5, 5.41) is 17.4. The van der Waals surface area contributed by atoms with Crippen molar-refractivity contribution in [2.24, 2.45) is 0 Å². The molecule has 5 rings (SSSR count). The molecule has 2 atom stereocenters. The molecule has 4 heterocycles. The fourth-order valence-corrected chi connectivity index (χ4v) is 6.89. The number of amides is 1. The first-order valence-corrected chi connectivity index (χ1v) is 16.0. The van der Waals surface area contributed by atoms with Crippen molar-refractivity contribution in [1.82, 2.24) is 20.6 Å². The molecule has 2 saturated heterocycles. The first kappa shape index (κ1) is 30.1. The first-order chi connectivity index (χ1) is 20.3. The van der Waals surface area contributed by atoms with Crippen LogP contribution < -0.4 is 25.6 Å². The van der Waals surface area contributed by atoms with Crippen LogP contribution in [0.15, 0.2) is 40.9 Å². The van der Waals surface area contributed by atoms with E-state index in [1.165, 1.54) is 0 Å². The van der Waals surface area contributed by atoms with Gasteiger partial charge in [0, 0.05) is 81.7 Å². The number of hydrogen-bond donors (Lipinski definition) is 4. The molecule has 2 fully saturated rings. The molecule has 0 radical (unpaired) electrons. The number of rotatable bonds is 10. The number of ether oxygens (including phenoxy) is 2. The number of carbonyl (C=O) groups is 1. The molecule has 4 N–H and O–H groups in total. The van der Waals surface area contributed by atoms with Gasteiger partial charge in [0.05, 0.1) is 6.04 Å². The average molecular weight is 596 g/mol. The lowest BCUT2D eigenvalue weighted by atomic mass is 10.0. The molecule has 1 aromatic heterocycles. The number of nitrogens with one attached hydrogen (secondary N) is 4. The Labute approximate surface area is 250 Å². The van der Waals surface area contributed by atoms with Crippen LogP contribution in [0.5, 0.6) is 5.75 Å². The Bertz CT molecular complexity index is 1290. The van der Waals surface area contributed by atoms with Crippen molar-refractivity contribution in [2.75, 3.05) is 49.3 Å². The van der Waals surface area contributed by atoms with Gasteiger partial charge in [0.25, 0.3) is 5.91 Å². The van der Waals surface area contributed by atoms with Crippen molar-refractivity contribution in [3.63, 3.8) is 0 Å². The Hall–Kier alpha value is -3.35. The highest BCUT2D eigenvalue weighted by atomic mass is 32.2. The molecule has 0 aliphatic carbocycles. The number of nitrogens with zero attached hydrogens (tertiary/aromatic N) is 3. The molecule has 2 aromatic rings. The highest BCUT2D eigenvalue weighted by Gasteiger charge is 2.34. The summed E-state index contributed by atoms with van der Waals surface area (Å²) in [4.78, 5) is 25.4. The number of anilines is 2. The first-order valence-electron chi connectivity index (χ1n) is 14.7. The van der Waals surface area contributed by atoms with Crippen LogP contribution in [0.1, 0.15) is 55.6 Å². The van der Waals surface area contributed by atoms with Gasteiger partial charge in [0.15, 0.2) is 5.82 Å². The third-order valence-electron chi connectivity index (χ3n) is 7.93. The van der Waals surface area contributed by atoms with Gasteiger partial charge < -0.3 is 40.3 Å². The van der Waals surface area contributed by atoms with Crippen LogP contribution in [-0.4, -0.2) is 83.4 Å². The van der Waals surface area contributed by atoms with Crippen LogP contribution >= 0.6 is 0 Å². The second kappa shape index (κ2) is 13.7. The van der Waals surface area contributed by atoms with Gasteiger partial charge in [-0.3, -0.25) is 4.79 Å². The summed E-state index contributed by atoms with van der Waals surface area (Å²) < 4.78 is 24.5. The maximum atomic E-state index is 12.8. The van der Waals surface area contributed by atoms with Crippen molar-refractivity contribution in [3.05, 3.63) is 47.3 Å². The standard InChI is InChI=1S/C30H41N7O4S/c1-19(31)25(18-32-3)20(2)33-29(38)21-4-6-23(7-5-21)41-24-8-13-37(14-9-24)30-35-26-12-17-42(39)27(26)28(36-30)34-22-10-15-40-16-11-22/h4-7,18,20,22,24,31-32H,8-17H2,1-3H3,(H,33,38)(H,34,35,36)/b25-18+,31-19?. The second-order valence-electron chi connectivity index (χ2n) is 11.0. The molecule has 0 saturated carbocycles. The zero-order chi connectivity index (χ0) is 29.6. The van der Waals surface area contributed by atoms with E-state index in [1.807, 2.05) is 19.1 Å². The highest BCUT2D eigenvalue weighted by molar-refractivity contribution is 7.91. The van der Waals surface area contributed by atoms with Crippen molar-refractivity contribution in [3.8, 4) is 5.75 Å². The van der Waals surface area contributed by atoms with E-state index in [2.05, 4.69) is 20.9 Å². The summed E-state index contributed by atoms with van der Waals surface area (Å²) in [7, 11) is 1.77. The summed E-state index contributed by atoms with van der Waals surface area (Å²) in [5.41, 5.74) is 2.56. The number of aromatic nitrogens is 2. The molecule has 0 bridgehead atoms. The van der Waals surface area contributed by atoms with Crippen LogP contribution in [0.4, 0.5) is 11.8 Å². The van der Waals surface area contributed by atoms with Gasteiger partial charge in [0.2, 0.25) is 10.8 Å². The van der Waals surface area contributed by atoms with E-state index in [4.69, 9.17) is 24.9 Å². The lowest BCUT2D eigenvalue weighted by molar-refractivity contribution is 0.0903. The van der Waals surface area contributed by atoms with Crippen molar-refractivity contribution in [2.45, 2.75) is 69.0 Å². The summed E-state index contributed by atoms with van der Waals surface area (Å²) >= 11 is -1.06. The minimum atomic E-state index is -1.06. The minimum absolute atomic E-state index is 0.0486. The van der Waals surface area contributed by atoms with E-state index in [9.17, 15) is 9.35 Å². The number of benzene rings is 1. The molecule has 3 aliphatic heterocycles. The molecular weight excluding hydrogens is 554 g/mol. The van der Waals surface area contributed by atoms with Gasteiger partial charge in [-0.15, -0.1) is 0 Å². The Morgan fingerprint density at radius 2 is 1.90 bits per heavy atom. The SMILES string of the molecule is CN/C=C(\C(C)=N)C(C)NC(=O)c1ccc(OC2CCN(c3nc4c(c(NC5CCOCC5)n3)[S+]([O-])CC4)CC2)cc1. The topological polar surface area (TPSA) is 148 Å². The van der Waals surface area contributed by atoms with Gasteiger partial charge in [-0.1, -0.05) is 0 Å². The zero-order valence-electron chi connectivity index (χ0n) is 24.6. The molecule has 2 unspecified atom stereocenters. The Morgan fingerprint density at radius 1 is 1.19 bits per heavy atom. The monoisotopic (exact) mass is 595 g/mol. The summed E-state index contributed by atoms with van der Waals surface area (Å²) in [6.45, 7) is 6.54. The highest BCUT2D eigenvalue weighted by Crippen LogP contribution is 2.34. The number of aryl methyl sites for hydroxylation is 1. The summed E-state index contributed by atoms with van der Waals surface area (Å²) in [6, 6.07) is 7.16. The Balaban J connectivity index is 1.16. The van der Waals surface area contributed by atoms with Crippen molar-refractivity contribution in [1.29, 1.82) is 5.41 Å². The number of carbonyl (C=O) groups excluding carboxylic acids is 1. The van der Waals surface area contributed by atoms with E-state index >= 15 is 0 Å². The number of piperidine rings is 1. The third kappa shape index (κ3) is 7.16. The van der Waals surface area contributed by atoms with Gasteiger partial charge in [-0.05, 0) is 62.1 Å². The smallest absolute Gasteiger partial charge is 0.251 e. The molecule has 12 heteroatoms. The average Bonchev–Trinajstić information content (AvgIpc) is 3.37. The lowest BCUT2D eigenvalue weighted by Crippen LogP contribution is -2.39. The van der Waals surface area contributed by atoms with Crippen molar-refractivity contribution >= 4 is 34.6 Å². The van der Waals surface area contributed by atoms with E-state index in [1.54, 1.807) is 32.3 Å². The molecule has 1 amide bonds. The molecule has 1 aromatic carbocycles. The van der Waals surface area contributed by atoms with Gasteiger partial charge >= 0.3 is 0 Å². The second-order valence-corrected chi connectivity index (χ2v) is 12.5. The predicted molar refractivity (Wildman–Crippen MR) is 164 cm³/mol. The zero-order valence-corrected chi connectivity index (χ0v) is 25.4.